The minimum atomic E-state index is -2.73. The molecular formula is C9H17NO2S. The second-order valence-corrected chi connectivity index (χ2v) is 6.44. The normalized spacial score (nSPS) is 38.8. The number of sulfone groups is 1. The largest absolute Gasteiger partial charge is 0.315 e. The summed E-state index contributed by atoms with van der Waals surface area (Å²) in [4.78, 5) is 0. The molecule has 13 heavy (non-hydrogen) atoms. The molecule has 1 aliphatic heterocycles. The van der Waals surface area contributed by atoms with E-state index in [9.17, 15) is 8.42 Å². The topological polar surface area (TPSA) is 46.2 Å². The number of hydrogen-bond acceptors (Lipinski definition) is 3. The molecule has 1 heterocycles. The Bertz CT molecular complexity index is 280. The van der Waals surface area contributed by atoms with Crippen LogP contribution in [-0.4, -0.2) is 32.5 Å². The molecule has 0 amide bonds. The van der Waals surface area contributed by atoms with E-state index < -0.39 is 9.84 Å². The van der Waals surface area contributed by atoms with Gasteiger partial charge in [0.2, 0.25) is 0 Å². The fraction of sp³-hybridized carbons (Fsp3) is 1.00. The average Bonchev–Trinajstić information content (AvgIpc) is 2.53. The summed E-state index contributed by atoms with van der Waals surface area (Å²) in [6.07, 6.45) is 4.66. The molecule has 0 aromatic carbocycles. The second kappa shape index (κ2) is 3.24. The molecule has 2 aliphatic rings. The monoisotopic (exact) mass is 203 g/mol. The summed E-state index contributed by atoms with van der Waals surface area (Å²) in [7, 11) is -0.867. The van der Waals surface area contributed by atoms with Gasteiger partial charge in [-0.1, -0.05) is 12.8 Å². The van der Waals surface area contributed by atoms with Crippen LogP contribution in [0.25, 0.3) is 0 Å². The summed E-state index contributed by atoms with van der Waals surface area (Å²) in [6, 6.07) is 0.230. The summed E-state index contributed by atoms with van der Waals surface area (Å²) in [6.45, 7) is 0. The Morgan fingerprint density at radius 1 is 1.23 bits per heavy atom. The molecule has 2 unspecified atom stereocenters. The first-order valence-electron chi connectivity index (χ1n) is 5.04. The maximum Gasteiger partial charge on any atom is 0.156 e. The van der Waals surface area contributed by atoms with Crippen LogP contribution in [0.4, 0.5) is 0 Å². The van der Waals surface area contributed by atoms with Gasteiger partial charge in [-0.05, 0) is 25.8 Å². The molecule has 2 atom stereocenters. The first-order chi connectivity index (χ1) is 6.15. The minimum absolute atomic E-state index is 0.0694. The maximum absolute atomic E-state index is 11.5. The lowest BCUT2D eigenvalue weighted by Crippen LogP contribution is -2.60. The fourth-order valence-corrected chi connectivity index (χ4v) is 5.07. The van der Waals surface area contributed by atoms with Crippen molar-refractivity contribution >= 4 is 9.84 Å². The molecular weight excluding hydrogens is 186 g/mol. The third-order valence-electron chi connectivity index (χ3n) is 3.46. The summed E-state index contributed by atoms with van der Waals surface area (Å²) in [5, 5.41) is 3.04. The van der Waals surface area contributed by atoms with E-state index in [0.717, 1.165) is 12.8 Å². The van der Waals surface area contributed by atoms with Crippen molar-refractivity contribution in [2.24, 2.45) is 5.92 Å². The van der Waals surface area contributed by atoms with Crippen LogP contribution >= 0.6 is 0 Å². The average molecular weight is 203 g/mol. The lowest BCUT2D eigenvalue weighted by Gasteiger charge is -2.39. The van der Waals surface area contributed by atoms with Gasteiger partial charge in [-0.2, -0.15) is 0 Å². The van der Waals surface area contributed by atoms with E-state index in [-0.39, 0.29) is 11.3 Å². The van der Waals surface area contributed by atoms with Crippen LogP contribution in [0.1, 0.15) is 25.7 Å². The van der Waals surface area contributed by atoms with E-state index in [0.29, 0.717) is 11.7 Å². The molecule has 1 N–H and O–H groups in total. The predicted octanol–water partition coefficient (Wildman–Crippen LogP) is 0.562. The zero-order valence-electron chi connectivity index (χ0n) is 7.99. The summed E-state index contributed by atoms with van der Waals surface area (Å²) in [5.41, 5.74) is 0. The van der Waals surface area contributed by atoms with E-state index in [1.807, 2.05) is 7.05 Å². The van der Waals surface area contributed by atoms with Gasteiger partial charge in [-0.15, -0.1) is 0 Å². The van der Waals surface area contributed by atoms with Crippen LogP contribution in [0.15, 0.2) is 0 Å². The van der Waals surface area contributed by atoms with Crippen LogP contribution < -0.4 is 5.32 Å². The predicted molar refractivity (Wildman–Crippen MR) is 52.4 cm³/mol. The molecule has 0 aromatic heterocycles. The molecule has 0 spiro atoms. The highest BCUT2D eigenvalue weighted by Gasteiger charge is 2.49. The van der Waals surface area contributed by atoms with Gasteiger partial charge in [0.25, 0.3) is 0 Å². The van der Waals surface area contributed by atoms with Crippen molar-refractivity contribution in [2.45, 2.75) is 37.0 Å². The minimum Gasteiger partial charge on any atom is -0.315 e. The van der Waals surface area contributed by atoms with Crippen LogP contribution in [-0.2, 0) is 9.84 Å². The van der Waals surface area contributed by atoms with Crippen molar-refractivity contribution in [3.05, 3.63) is 0 Å². The van der Waals surface area contributed by atoms with Crippen molar-refractivity contribution in [1.29, 1.82) is 0 Å². The van der Waals surface area contributed by atoms with E-state index in [1.54, 1.807) is 0 Å². The highest BCUT2D eigenvalue weighted by molar-refractivity contribution is 7.93. The van der Waals surface area contributed by atoms with Crippen molar-refractivity contribution in [2.75, 3.05) is 12.8 Å². The third kappa shape index (κ3) is 1.50. The lowest BCUT2D eigenvalue weighted by molar-refractivity contribution is 0.380. The Morgan fingerprint density at radius 2 is 1.85 bits per heavy atom. The summed E-state index contributed by atoms with van der Waals surface area (Å²) < 4.78 is 23.1. The molecule has 0 radical (unpaired) electrons. The molecule has 76 valence electrons. The Kier molecular flexibility index (Phi) is 2.36. The van der Waals surface area contributed by atoms with Gasteiger partial charge in [0.1, 0.15) is 0 Å². The highest BCUT2D eigenvalue weighted by Crippen LogP contribution is 2.38. The molecule has 1 saturated carbocycles. The third-order valence-corrected chi connectivity index (χ3v) is 5.82. The van der Waals surface area contributed by atoms with Gasteiger partial charge in [0, 0.05) is 6.04 Å². The van der Waals surface area contributed by atoms with E-state index >= 15 is 0 Å². The van der Waals surface area contributed by atoms with E-state index in [4.69, 9.17) is 0 Å². The summed E-state index contributed by atoms with van der Waals surface area (Å²) in [5.74, 6) is 0.793. The summed E-state index contributed by atoms with van der Waals surface area (Å²) >= 11 is 0. The second-order valence-electron chi connectivity index (χ2n) is 4.23. The van der Waals surface area contributed by atoms with Crippen molar-refractivity contribution < 1.29 is 8.42 Å². The van der Waals surface area contributed by atoms with Crippen molar-refractivity contribution in [1.82, 2.24) is 5.32 Å². The quantitative estimate of drug-likeness (QED) is 0.713. The molecule has 3 nitrogen and oxygen atoms in total. The van der Waals surface area contributed by atoms with E-state index in [1.165, 1.54) is 12.8 Å². The van der Waals surface area contributed by atoms with Crippen LogP contribution in [0.3, 0.4) is 0 Å². The Hall–Kier alpha value is -0.0900. The zero-order valence-corrected chi connectivity index (χ0v) is 8.81. The number of rotatable bonds is 2. The number of nitrogens with one attached hydrogen (secondary N) is 1. The van der Waals surface area contributed by atoms with Gasteiger partial charge >= 0.3 is 0 Å². The first kappa shape index (κ1) is 9.46. The zero-order chi connectivity index (χ0) is 9.47. The Labute approximate surface area is 79.8 Å². The van der Waals surface area contributed by atoms with Gasteiger partial charge in [-0.3, -0.25) is 0 Å². The molecule has 0 bridgehead atoms. The molecule has 2 rings (SSSR count). The molecule has 1 aliphatic carbocycles. The van der Waals surface area contributed by atoms with Gasteiger partial charge in [0.05, 0.1) is 11.0 Å². The Balaban J connectivity index is 2.10. The maximum atomic E-state index is 11.5. The fourth-order valence-electron chi connectivity index (χ4n) is 2.74. The van der Waals surface area contributed by atoms with Crippen LogP contribution in [0.2, 0.25) is 0 Å². The first-order valence-corrected chi connectivity index (χ1v) is 6.75. The van der Waals surface area contributed by atoms with Crippen LogP contribution in [0.5, 0.6) is 0 Å². The molecule has 4 heteroatoms. The highest BCUT2D eigenvalue weighted by atomic mass is 32.2. The van der Waals surface area contributed by atoms with Gasteiger partial charge < -0.3 is 5.32 Å². The smallest absolute Gasteiger partial charge is 0.156 e. The molecule has 0 aromatic rings. The molecule has 2 fully saturated rings. The Morgan fingerprint density at radius 3 is 2.31 bits per heavy atom. The van der Waals surface area contributed by atoms with Crippen LogP contribution in [0, 0.1) is 5.92 Å². The van der Waals surface area contributed by atoms with Crippen molar-refractivity contribution in [3.63, 3.8) is 0 Å². The van der Waals surface area contributed by atoms with E-state index in [2.05, 4.69) is 5.32 Å². The van der Waals surface area contributed by atoms with Gasteiger partial charge in [-0.25, -0.2) is 8.42 Å². The standard InChI is InChI=1S/C9H17NO2S/c1-10-8-6-13(11,12)9(8)7-4-2-3-5-7/h7-10H,2-6H2,1H3. The number of hydrogen-bond donors (Lipinski definition) is 1. The van der Waals surface area contributed by atoms with Crippen molar-refractivity contribution in [3.8, 4) is 0 Å². The lowest BCUT2D eigenvalue weighted by atomic mass is 9.98. The van der Waals surface area contributed by atoms with Gasteiger partial charge in [0.15, 0.2) is 9.84 Å². The SMILES string of the molecule is CNC1CS(=O)(=O)C1C1CCCC1. The molecule has 1 saturated heterocycles.